The summed E-state index contributed by atoms with van der Waals surface area (Å²) in [5, 5.41) is 12.7. The molecule has 1 aromatic carbocycles. The van der Waals surface area contributed by atoms with Gasteiger partial charge >= 0.3 is 0 Å². The van der Waals surface area contributed by atoms with E-state index in [0.29, 0.717) is 4.88 Å². The fourth-order valence-electron chi connectivity index (χ4n) is 1.79. The summed E-state index contributed by atoms with van der Waals surface area (Å²) in [7, 11) is 0. The van der Waals surface area contributed by atoms with Gasteiger partial charge in [0.1, 0.15) is 5.82 Å². The molecule has 1 atom stereocenters. The molecule has 2 aromatic rings. The minimum Gasteiger partial charge on any atom is -0.394 e. The van der Waals surface area contributed by atoms with Crippen LogP contribution in [-0.4, -0.2) is 23.7 Å². The van der Waals surface area contributed by atoms with Crippen LogP contribution < -0.4 is 5.32 Å². The van der Waals surface area contributed by atoms with E-state index < -0.39 is 0 Å². The lowest BCUT2D eigenvalue weighted by atomic mass is 10.1. The molecule has 19 heavy (non-hydrogen) atoms. The molecular weight excluding hydrogens is 265 g/mol. The Hall–Kier alpha value is -1.46. The zero-order chi connectivity index (χ0) is 14.0. The molecule has 0 radical (unpaired) electrons. The molecule has 2 N–H and O–H groups in total. The second kappa shape index (κ2) is 5.67. The zero-order valence-electron chi connectivity index (χ0n) is 10.8. The average molecular weight is 281 g/mol. The van der Waals surface area contributed by atoms with Gasteiger partial charge in [-0.25, -0.2) is 4.39 Å². The molecule has 0 saturated heterocycles. The number of carbonyl (C=O) groups excluding carboxylic acids is 1. The van der Waals surface area contributed by atoms with Crippen molar-refractivity contribution in [1.29, 1.82) is 0 Å². The smallest absolute Gasteiger partial charge is 0.261 e. The van der Waals surface area contributed by atoms with Crippen LogP contribution in [0.2, 0.25) is 0 Å². The normalized spacial score (nSPS) is 12.9. The molecule has 0 fully saturated rings. The van der Waals surface area contributed by atoms with Crippen LogP contribution in [0.1, 0.15) is 23.5 Å². The van der Waals surface area contributed by atoms with Crippen molar-refractivity contribution in [3.05, 3.63) is 35.0 Å². The highest BCUT2D eigenvalue weighted by Crippen LogP contribution is 2.26. The van der Waals surface area contributed by atoms with Gasteiger partial charge in [0.15, 0.2) is 0 Å². The Balaban J connectivity index is 2.21. The highest BCUT2D eigenvalue weighted by atomic mass is 32.1. The minimum atomic E-state index is -0.312. The number of aliphatic hydroxyl groups excluding tert-OH is 1. The first-order valence-corrected chi connectivity index (χ1v) is 6.93. The second-order valence-electron chi connectivity index (χ2n) is 4.80. The Morgan fingerprint density at radius 3 is 2.79 bits per heavy atom. The van der Waals surface area contributed by atoms with Gasteiger partial charge in [0.05, 0.1) is 17.5 Å². The molecule has 102 valence electrons. The van der Waals surface area contributed by atoms with Gasteiger partial charge in [-0.15, -0.1) is 11.3 Å². The lowest BCUT2D eigenvalue weighted by Gasteiger charge is -2.19. The molecule has 1 aromatic heterocycles. The van der Waals surface area contributed by atoms with Crippen LogP contribution in [0.25, 0.3) is 10.1 Å². The fourth-order valence-corrected chi connectivity index (χ4v) is 2.73. The highest BCUT2D eigenvalue weighted by Gasteiger charge is 2.17. The first-order valence-electron chi connectivity index (χ1n) is 6.12. The van der Waals surface area contributed by atoms with Gasteiger partial charge in [0.2, 0.25) is 0 Å². The molecule has 0 saturated carbocycles. The number of thiophene rings is 1. The monoisotopic (exact) mass is 281 g/mol. The Morgan fingerprint density at radius 2 is 2.16 bits per heavy atom. The van der Waals surface area contributed by atoms with E-state index in [1.54, 1.807) is 12.1 Å². The summed E-state index contributed by atoms with van der Waals surface area (Å²) in [4.78, 5) is 12.6. The molecule has 3 nitrogen and oxygen atoms in total. The van der Waals surface area contributed by atoms with Gasteiger partial charge in [-0.1, -0.05) is 13.8 Å². The number of fused-ring (bicyclic) bond motifs is 1. The largest absolute Gasteiger partial charge is 0.394 e. The number of halogens is 1. The van der Waals surface area contributed by atoms with Crippen LogP contribution in [0.15, 0.2) is 24.3 Å². The Labute approximate surface area is 115 Å². The molecular formula is C14H16FNO2S. The maximum absolute atomic E-state index is 13.1. The summed E-state index contributed by atoms with van der Waals surface area (Å²) in [6.07, 6.45) is 0. The fraction of sp³-hybridized carbons (Fsp3) is 0.357. The molecule has 2 rings (SSSR count). The first kappa shape index (κ1) is 14.0. The van der Waals surface area contributed by atoms with E-state index in [-0.39, 0.29) is 30.3 Å². The van der Waals surface area contributed by atoms with Crippen molar-refractivity contribution in [3.8, 4) is 0 Å². The molecule has 0 aliphatic rings. The van der Waals surface area contributed by atoms with Gasteiger partial charge < -0.3 is 10.4 Å². The Kier molecular flexibility index (Phi) is 4.17. The van der Waals surface area contributed by atoms with E-state index >= 15 is 0 Å². The summed E-state index contributed by atoms with van der Waals surface area (Å²) in [5.74, 6) is -0.386. The number of hydrogen-bond donors (Lipinski definition) is 2. The van der Waals surface area contributed by atoms with E-state index in [1.807, 2.05) is 13.8 Å². The van der Waals surface area contributed by atoms with E-state index in [0.717, 1.165) is 10.1 Å². The summed E-state index contributed by atoms with van der Waals surface area (Å²) in [6.45, 7) is 3.77. The van der Waals surface area contributed by atoms with Crippen LogP contribution in [0.4, 0.5) is 4.39 Å². The zero-order valence-corrected chi connectivity index (χ0v) is 11.6. The number of nitrogens with one attached hydrogen (secondary N) is 1. The van der Waals surface area contributed by atoms with Crippen LogP contribution in [0.3, 0.4) is 0 Å². The predicted molar refractivity (Wildman–Crippen MR) is 75.0 cm³/mol. The van der Waals surface area contributed by atoms with Crippen molar-refractivity contribution in [3.63, 3.8) is 0 Å². The number of carbonyl (C=O) groups is 1. The molecule has 0 bridgehead atoms. The van der Waals surface area contributed by atoms with Crippen LogP contribution in [0.5, 0.6) is 0 Å². The van der Waals surface area contributed by atoms with Crippen molar-refractivity contribution in [2.45, 2.75) is 19.9 Å². The third kappa shape index (κ3) is 3.11. The number of amides is 1. The Morgan fingerprint density at radius 1 is 1.42 bits per heavy atom. The summed E-state index contributed by atoms with van der Waals surface area (Å²) in [5.41, 5.74) is 0. The highest BCUT2D eigenvalue weighted by molar-refractivity contribution is 7.20. The van der Waals surface area contributed by atoms with Gasteiger partial charge in [0, 0.05) is 4.70 Å². The molecule has 0 spiro atoms. The second-order valence-corrected chi connectivity index (χ2v) is 5.88. The lowest BCUT2D eigenvalue weighted by molar-refractivity contribution is 0.0901. The maximum atomic E-state index is 13.1. The molecule has 0 aliphatic carbocycles. The average Bonchev–Trinajstić information content (AvgIpc) is 2.78. The van der Waals surface area contributed by atoms with Crippen LogP contribution >= 0.6 is 11.3 Å². The third-order valence-corrected chi connectivity index (χ3v) is 4.13. The standard InChI is InChI=1S/C14H16FNO2S/c1-8(2)11(7-17)16-14(18)13-6-9-5-10(15)3-4-12(9)19-13/h3-6,8,11,17H,7H2,1-2H3,(H,16,18). The number of hydrogen-bond acceptors (Lipinski definition) is 3. The van der Waals surface area contributed by atoms with Crippen LogP contribution in [0, 0.1) is 11.7 Å². The third-order valence-electron chi connectivity index (χ3n) is 3.02. The van der Waals surface area contributed by atoms with Gasteiger partial charge in [-0.05, 0) is 35.6 Å². The van der Waals surface area contributed by atoms with E-state index in [1.165, 1.54) is 23.5 Å². The van der Waals surface area contributed by atoms with Gasteiger partial charge in [-0.2, -0.15) is 0 Å². The van der Waals surface area contributed by atoms with Crippen molar-refractivity contribution in [1.82, 2.24) is 5.32 Å². The van der Waals surface area contributed by atoms with E-state index in [2.05, 4.69) is 5.32 Å². The minimum absolute atomic E-state index is 0.0943. The maximum Gasteiger partial charge on any atom is 0.261 e. The topological polar surface area (TPSA) is 49.3 Å². The summed E-state index contributed by atoms with van der Waals surface area (Å²) < 4.78 is 14.0. The van der Waals surface area contributed by atoms with Crippen LogP contribution in [-0.2, 0) is 0 Å². The molecule has 1 unspecified atom stereocenters. The number of aliphatic hydroxyl groups is 1. The van der Waals surface area contributed by atoms with Gasteiger partial charge in [-0.3, -0.25) is 4.79 Å². The van der Waals surface area contributed by atoms with Crippen molar-refractivity contribution in [2.24, 2.45) is 5.92 Å². The Bertz CT molecular complexity index is 594. The summed E-state index contributed by atoms with van der Waals surface area (Å²) in [6, 6.07) is 5.86. The first-order chi connectivity index (χ1) is 9.01. The number of benzene rings is 1. The van der Waals surface area contributed by atoms with E-state index in [9.17, 15) is 14.3 Å². The van der Waals surface area contributed by atoms with Gasteiger partial charge in [0.25, 0.3) is 5.91 Å². The molecule has 5 heteroatoms. The summed E-state index contributed by atoms with van der Waals surface area (Å²) >= 11 is 1.32. The number of rotatable bonds is 4. The van der Waals surface area contributed by atoms with Crippen molar-refractivity contribution in [2.75, 3.05) is 6.61 Å². The SMILES string of the molecule is CC(C)C(CO)NC(=O)c1cc2cc(F)ccc2s1. The molecule has 1 amide bonds. The van der Waals surface area contributed by atoms with Crippen molar-refractivity contribution >= 4 is 27.3 Å². The molecule has 0 aliphatic heterocycles. The quantitative estimate of drug-likeness (QED) is 0.905. The lowest BCUT2D eigenvalue weighted by Crippen LogP contribution is -2.40. The van der Waals surface area contributed by atoms with Crippen molar-refractivity contribution < 1.29 is 14.3 Å². The molecule has 1 heterocycles. The van der Waals surface area contributed by atoms with E-state index in [4.69, 9.17) is 0 Å². The predicted octanol–water partition coefficient (Wildman–Crippen LogP) is 2.79.